The van der Waals surface area contributed by atoms with Crippen molar-refractivity contribution in [3.63, 3.8) is 0 Å². The molecular weight excluding hydrogens is 209 g/mol. The van der Waals surface area contributed by atoms with Gasteiger partial charge in [-0.05, 0) is 6.92 Å². The van der Waals surface area contributed by atoms with Crippen LogP contribution in [0.3, 0.4) is 0 Å². The Morgan fingerprint density at radius 2 is 1.64 bits per heavy atom. The number of carbonyl (C=O) groups is 1. The zero-order valence-electron chi connectivity index (χ0n) is 7.38. The summed E-state index contributed by atoms with van der Waals surface area (Å²) >= 11 is 0. The molecule has 82 valence electrons. The number of hydrogen-bond acceptors (Lipinski definition) is 2. The maximum Gasteiger partial charge on any atom is 0.459 e. The maximum atomic E-state index is 12.5. The van der Waals surface area contributed by atoms with Gasteiger partial charge in [0.05, 0.1) is 5.70 Å². The summed E-state index contributed by atoms with van der Waals surface area (Å²) in [5.41, 5.74) is -1.46. The zero-order chi connectivity index (χ0) is 11.6. The highest BCUT2D eigenvalue weighted by Gasteiger charge is 2.60. The number of hydrogen-bond donors (Lipinski definition) is 1. The Morgan fingerprint density at radius 3 is 1.86 bits per heavy atom. The number of halogens is 5. The lowest BCUT2D eigenvalue weighted by atomic mass is 10.2. The lowest BCUT2D eigenvalue weighted by Gasteiger charge is -2.21. The summed E-state index contributed by atoms with van der Waals surface area (Å²) < 4.78 is 60.4. The minimum atomic E-state index is -5.71. The molecule has 14 heavy (non-hydrogen) atoms. The first-order valence-corrected chi connectivity index (χ1v) is 3.48. The molecule has 1 N–H and O–H groups in total. The molecule has 0 radical (unpaired) electrons. The lowest BCUT2D eigenvalue weighted by Crippen LogP contribution is -2.42. The third kappa shape index (κ3) is 2.68. The van der Waals surface area contributed by atoms with Crippen LogP contribution < -0.4 is 5.32 Å². The van der Waals surface area contributed by atoms with Crippen LogP contribution in [0.5, 0.6) is 0 Å². The number of allylic oxidation sites excluding steroid dienone is 2. The minimum Gasteiger partial charge on any atom is -0.386 e. The lowest BCUT2D eigenvalue weighted by molar-refractivity contribution is -0.265. The second-order valence-corrected chi connectivity index (χ2v) is 2.49. The van der Waals surface area contributed by atoms with Gasteiger partial charge in [0.2, 0.25) is 0 Å². The first kappa shape index (κ1) is 12.9. The van der Waals surface area contributed by atoms with Crippen molar-refractivity contribution in [2.24, 2.45) is 0 Å². The Hall–Kier alpha value is -1.14. The van der Waals surface area contributed by atoms with Gasteiger partial charge in [0.15, 0.2) is 5.78 Å². The Labute approximate surface area is 76.8 Å². The number of rotatable bonds is 3. The second kappa shape index (κ2) is 3.93. The van der Waals surface area contributed by atoms with Crippen LogP contribution in [-0.2, 0) is 4.79 Å². The van der Waals surface area contributed by atoms with E-state index < -0.39 is 23.6 Å². The van der Waals surface area contributed by atoms with Gasteiger partial charge in [-0.15, -0.1) is 0 Å². The molecule has 0 rings (SSSR count). The highest BCUT2D eigenvalue weighted by molar-refractivity contribution is 5.88. The highest BCUT2D eigenvalue weighted by Crippen LogP contribution is 2.39. The summed E-state index contributed by atoms with van der Waals surface area (Å²) in [6.45, 7) is 0.879. The van der Waals surface area contributed by atoms with Crippen LogP contribution in [0.2, 0.25) is 0 Å². The molecule has 0 aromatic carbocycles. The van der Waals surface area contributed by atoms with Crippen molar-refractivity contribution >= 4 is 5.78 Å². The fraction of sp³-hybridized carbons (Fsp3) is 0.571. The van der Waals surface area contributed by atoms with Gasteiger partial charge in [0, 0.05) is 13.1 Å². The van der Waals surface area contributed by atoms with Crippen molar-refractivity contribution < 1.29 is 26.7 Å². The van der Waals surface area contributed by atoms with Crippen LogP contribution in [-0.4, -0.2) is 24.9 Å². The molecule has 0 heterocycles. The molecular formula is C7H8F5NO. The van der Waals surface area contributed by atoms with Gasteiger partial charge >= 0.3 is 12.1 Å². The van der Waals surface area contributed by atoms with Gasteiger partial charge in [-0.25, -0.2) is 0 Å². The van der Waals surface area contributed by atoms with Crippen LogP contribution in [0.15, 0.2) is 11.8 Å². The molecule has 0 saturated carbocycles. The molecule has 0 aromatic rings. The molecule has 0 aliphatic heterocycles. The number of alkyl halides is 5. The highest BCUT2D eigenvalue weighted by atomic mass is 19.4. The van der Waals surface area contributed by atoms with E-state index in [-0.39, 0.29) is 6.08 Å². The average Bonchev–Trinajstić information content (AvgIpc) is 1.97. The molecule has 0 aliphatic carbocycles. The largest absolute Gasteiger partial charge is 0.459 e. The predicted octanol–water partition coefficient (Wildman–Crippen LogP) is 1.88. The van der Waals surface area contributed by atoms with Gasteiger partial charge in [-0.2, -0.15) is 22.0 Å². The summed E-state index contributed by atoms with van der Waals surface area (Å²) in [5.74, 6) is -5.92. The molecule has 7 heteroatoms. The quantitative estimate of drug-likeness (QED) is 0.577. The van der Waals surface area contributed by atoms with Crippen LogP contribution in [0.4, 0.5) is 22.0 Å². The average molecular weight is 217 g/mol. The molecule has 0 saturated heterocycles. The van der Waals surface area contributed by atoms with Crippen molar-refractivity contribution in [1.82, 2.24) is 5.32 Å². The standard InChI is InChI=1S/C7H8F5NO/c1-4(14)3-5(13-2)6(8,9)7(10,11)12/h3,13H,1-2H3/b5-3-. The van der Waals surface area contributed by atoms with E-state index in [1.54, 1.807) is 5.32 Å². The van der Waals surface area contributed by atoms with E-state index in [1.165, 1.54) is 0 Å². The summed E-state index contributed by atoms with van der Waals surface area (Å²) in [4.78, 5) is 10.4. The van der Waals surface area contributed by atoms with Crippen molar-refractivity contribution in [3.05, 3.63) is 11.8 Å². The molecule has 0 fully saturated rings. The van der Waals surface area contributed by atoms with E-state index in [2.05, 4.69) is 0 Å². The first-order chi connectivity index (χ1) is 6.13. The smallest absolute Gasteiger partial charge is 0.386 e. The van der Waals surface area contributed by atoms with Crippen LogP contribution in [0.25, 0.3) is 0 Å². The SMILES string of the molecule is CN/C(=C\C(C)=O)C(F)(F)C(F)(F)F. The zero-order valence-corrected chi connectivity index (χ0v) is 7.38. The summed E-state index contributed by atoms with van der Waals surface area (Å²) in [6, 6.07) is 0. The fourth-order valence-corrected chi connectivity index (χ4v) is 0.676. The normalized spacial score (nSPS) is 14.1. The van der Waals surface area contributed by atoms with Crippen molar-refractivity contribution in [3.8, 4) is 0 Å². The van der Waals surface area contributed by atoms with Crippen molar-refractivity contribution in [2.75, 3.05) is 7.05 Å². The minimum absolute atomic E-state index is 0.216. The fourth-order valence-electron chi connectivity index (χ4n) is 0.676. The Bertz CT molecular complexity index is 255. The summed E-state index contributed by atoms with van der Waals surface area (Å²) in [7, 11) is 0.883. The van der Waals surface area contributed by atoms with E-state index in [0.717, 1.165) is 14.0 Å². The van der Waals surface area contributed by atoms with Crippen molar-refractivity contribution in [1.29, 1.82) is 0 Å². The second-order valence-electron chi connectivity index (χ2n) is 2.49. The van der Waals surface area contributed by atoms with Crippen LogP contribution in [0.1, 0.15) is 6.92 Å². The Balaban J connectivity index is 5.14. The van der Waals surface area contributed by atoms with E-state index >= 15 is 0 Å². The van der Waals surface area contributed by atoms with Gasteiger partial charge in [0.1, 0.15) is 0 Å². The molecule has 0 amide bonds. The molecule has 0 bridgehead atoms. The monoisotopic (exact) mass is 217 g/mol. The third-order valence-corrected chi connectivity index (χ3v) is 1.31. The first-order valence-electron chi connectivity index (χ1n) is 3.48. The number of ketones is 1. The van der Waals surface area contributed by atoms with Crippen LogP contribution in [0, 0.1) is 0 Å². The Kier molecular flexibility index (Phi) is 3.61. The molecule has 0 atom stereocenters. The summed E-state index contributed by atoms with van der Waals surface area (Å²) in [6.07, 6.45) is -5.50. The van der Waals surface area contributed by atoms with Gasteiger partial charge in [0.25, 0.3) is 0 Å². The third-order valence-electron chi connectivity index (χ3n) is 1.31. The van der Waals surface area contributed by atoms with Gasteiger partial charge in [-0.1, -0.05) is 0 Å². The molecule has 2 nitrogen and oxygen atoms in total. The molecule has 0 unspecified atom stereocenters. The molecule has 0 aromatic heterocycles. The van der Waals surface area contributed by atoms with E-state index in [0.29, 0.717) is 0 Å². The van der Waals surface area contributed by atoms with Crippen LogP contribution >= 0.6 is 0 Å². The van der Waals surface area contributed by atoms with Crippen molar-refractivity contribution in [2.45, 2.75) is 19.0 Å². The molecule has 0 spiro atoms. The topological polar surface area (TPSA) is 29.1 Å². The maximum absolute atomic E-state index is 12.5. The van der Waals surface area contributed by atoms with Gasteiger partial charge in [-0.3, -0.25) is 4.79 Å². The number of nitrogens with one attached hydrogen (secondary N) is 1. The van der Waals surface area contributed by atoms with E-state index in [1.807, 2.05) is 0 Å². The van der Waals surface area contributed by atoms with Gasteiger partial charge < -0.3 is 5.32 Å². The van der Waals surface area contributed by atoms with E-state index in [4.69, 9.17) is 0 Å². The number of carbonyl (C=O) groups excluding carboxylic acids is 1. The Morgan fingerprint density at radius 1 is 1.21 bits per heavy atom. The summed E-state index contributed by atoms with van der Waals surface area (Å²) in [5, 5.41) is 1.65. The van der Waals surface area contributed by atoms with E-state index in [9.17, 15) is 26.7 Å². The predicted molar refractivity (Wildman–Crippen MR) is 38.8 cm³/mol. The molecule has 0 aliphatic rings.